The van der Waals surface area contributed by atoms with E-state index < -0.39 is 0 Å². The van der Waals surface area contributed by atoms with E-state index in [4.69, 9.17) is 4.52 Å². The van der Waals surface area contributed by atoms with Crippen molar-refractivity contribution < 1.29 is 4.52 Å². The minimum atomic E-state index is 0.685. The van der Waals surface area contributed by atoms with Crippen LogP contribution in [0, 0.1) is 6.92 Å². The van der Waals surface area contributed by atoms with Gasteiger partial charge in [-0.3, -0.25) is 4.90 Å². The molecule has 0 aliphatic rings. The Balaban J connectivity index is 1.80. The van der Waals surface area contributed by atoms with E-state index in [0.717, 1.165) is 37.6 Å². The molecule has 0 fully saturated rings. The van der Waals surface area contributed by atoms with Gasteiger partial charge in [0.2, 0.25) is 5.89 Å². The van der Waals surface area contributed by atoms with Crippen molar-refractivity contribution in [3.63, 3.8) is 0 Å². The van der Waals surface area contributed by atoms with Crippen molar-refractivity contribution in [2.45, 2.75) is 39.8 Å². The van der Waals surface area contributed by atoms with Crippen LogP contribution in [0.5, 0.6) is 0 Å². The SMILES string of the molecule is CCCc1noc(CN(C)CCn2ccnc2C)n1. The minimum Gasteiger partial charge on any atom is -0.338 e. The van der Waals surface area contributed by atoms with E-state index in [0.29, 0.717) is 12.4 Å². The second kappa shape index (κ2) is 6.47. The predicted molar refractivity (Wildman–Crippen MR) is 71.6 cm³/mol. The summed E-state index contributed by atoms with van der Waals surface area (Å²) in [6, 6.07) is 0. The molecule has 0 bridgehead atoms. The van der Waals surface area contributed by atoms with E-state index in [1.807, 2.05) is 19.3 Å². The Labute approximate surface area is 113 Å². The average Bonchev–Trinajstić information content (AvgIpc) is 2.97. The van der Waals surface area contributed by atoms with Crippen LogP contribution in [0.3, 0.4) is 0 Å². The molecule has 0 radical (unpaired) electrons. The Hall–Kier alpha value is -1.69. The van der Waals surface area contributed by atoms with E-state index in [1.165, 1.54) is 0 Å². The predicted octanol–water partition coefficient (Wildman–Crippen LogP) is 1.66. The maximum absolute atomic E-state index is 5.23. The lowest BCUT2D eigenvalue weighted by Crippen LogP contribution is -2.23. The van der Waals surface area contributed by atoms with Crippen molar-refractivity contribution in [2.75, 3.05) is 13.6 Å². The second-order valence-electron chi connectivity index (χ2n) is 4.76. The molecule has 0 saturated carbocycles. The molecular weight excluding hydrogens is 242 g/mol. The van der Waals surface area contributed by atoms with Gasteiger partial charge in [0, 0.05) is 31.9 Å². The first-order valence-electron chi connectivity index (χ1n) is 6.66. The molecule has 0 N–H and O–H groups in total. The molecule has 0 aromatic carbocycles. The van der Waals surface area contributed by atoms with Crippen molar-refractivity contribution in [1.29, 1.82) is 0 Å². The normalized spacial score (nSPS) is 11.4. The zero-order valence-corrected chi connectivity index (χ0v) is 11.8. The van der Waals surface area contributed by atoms with Crippen LogP contribution >= 0.6 is 0 Å². The van der Waals surface area contributed by atoms with Crippen LogP contribution in [-0.2, 0) is 19.5 Å². The minimum absolute atomic E-state index is 0.685. The monoisotopic (exact) mass is 263 g/mol. The summed E-state index contributed by atoms with van der Waals surface area (Å²) in [6.45, 7) is 6.63. The third-order valence-corrected chi connectivity index (χ3v) is 3.04. The fourth-order valence-electron chi connectivity index (χ4n) is 1.91. The molecule has 0 atom stereocenters. The summed E-state index contributed by atoms with van der Waals surface area (Å²) in [5.74, 6) is 2.53. The summed E-state index contributed by atoms with van der Waals surface area (Å²) < 4.78 is 7.36. The molecule has 2 aromatic heterocycles. The van der Waals surface area contributed by atoms with Gasteiger partial charge in [-0.2, -0.15) is 4.98 Å². The van der Waals surface area contributed by atoms with Crippen molar-refractivity contribution in [3.8, 4) is 0 Å². The van der Waals surface area contributed by atoms with Crippen molar-refractivity contribution in [3.05, 3.63) is 29.9 Å². The highest BCUT2D eigenvalue weighted by Crippen LogP contribution is 2.04. The third-order valence-electron chi connectivity index (χ3n) is 3.04. The highest BCUT2D eigenvalue weighted by atomic mass is 16.5. The molecule has 2 rings (SSSR count). The first kappa shape index (κ1) is 13.7. The number of likely N-dealkylation sites (N-methyl/N-ethyl adjacent to an activating group) is 1. The zero-order chi connectivity index (χ0) is 13.7. The van der Waals surface area contributed by atoms with Crippen LogP contribution in [0.4, 0.5) is 0 Å². The Morgan fingerprint density at radius 3 is 2.95 bits per heavy atom. The van der Waals surface area contributed by atoms with E-state index in [2.05, 4.69) is 38.6 Å². The summed E-state index contributed by atoms with van der Waals surface area (Å²) >= 11 is 0. The van der Waals surface area contributed by atoms with Crippen LogP contribution in [-0.4, -0.2) is 38.2 Å². The van der Waals surface area contributed by atoms with Gasteiger partial charge in [0.1, 0.15) is 5.82 Å². The van der Waals surface area contributed by atoms with Gasteiger partial charge in [0.25, 0.3) is 0 Å². The lowest BCUT2D eigenvalue weighted by Gasteiger charge is -2.14. The topological polar surface area (TPSA) is 60.0 Å². The first-order chi connectivity index (χ1) is 9.19. The Morgan fingerprint density at radius 2 is 2.26 bits per heavy atom. The molecule has 0 aliphatic heterocycles. The van der Waals surface area contributed by atoms with Gasteiger partial charge in [-0.25, -0.2) is 4.98 Å². The lowest BCUT2D eigenvalue weighted by molar-refractivity contribution is 0.258. The maximum atomic E-state index is 5.23. The van der Waals surface area contributed by atoms with Crippen LogP contribution in [0.15, 0.2) is 16.9 Å². The summed E-state index contributed by atoms with van der Waals surface area (Å²) in [7, 11) is 2.05. The van der Waals surface area contributed by atoms with Gasteiger partial charge in [-0.15, -0.1) is 0 Å². The number of imidazole rings is 1. The van der Waals surface area contributed by atoms with Crippen LogP contribution < -0.4 is 0 Å². The molecule has 2 aromatic rings. The van der Waals surface area contributed by atoms with E-state index >= 15 is 0 Å². The Bertz CT molecular complexity index is 505. The molecule has 2 heterocycles. The maximum Gasteiger partial charge on any atom is 0.240 e. The number of aryl methyl sites for hydroxylation is 2. The van der Waals surface area contributed by atoms with Gasteiger partial charge < -0.3 is 9.09 Å². The van der Waals surface area contributed by atoms with Gasteiger partial charge in [-0.1, -0.05) is 12.1 Å². The molecule has 0 spiro atoms. The largest absolute Gasteiger partial charge is 0.338 e. The van der Waals surface area contributed by atoms with E-state index in [9.17, 15) is 0 Å². The highest BCUT2D eigenvalue weighted by Gasteiger charge is 2.08. The molecular formula is C13H21N5O. The molecule has 6 nitrogen and oxygen atoms in total. The number of hydrogen-bond donors (Lipinski definition) is 0. The second-order valence-corrected chi connectivity index (χ2v) is 4.76. The van der Waals surface area contributed by atoms with E-state index in [-0.39, 0.29) is 0 Å². The number of nitrogens with zero attached hydrogens (tertiary/aromatic N) is 5. The smallest absolute Gasteiger partial charge is 0.240 e. The molecule has 0 amide bonds. The molecule has 0 saturated heterocycles. The van der Waals surface area contributed by atoms with Crippen molar-refractivity contribution in [1.82, 2.24) is 24.6 Å². The fraction of sp³-hybridized carbons (Fsp3) is 0.615. The molecule has 0 aliphatic carbocycles. The quantitative estimate of drug-likeness (QED) is 0.760. The average molecular weight is 263 g/mol. The number of aromatic nitrogens is 4. The summed E-state index contributed by atoms with van der Waals surface area (Å²) in [4.78, 5) is 10.7. The van der Waals surface area contributed by atoms with Gasteiger partial charge >= 0.3 is 0 Å². The summed E-state index contributed by atoms with van der Waals surface area (Å²) in [5, 5.41) is 3.96. The standard InChI is InChI=1S/C13H21N5O/c1-4-5-12-15-13(19-16-12)10-17(3)8-9-18-7-6-14-11(18)2/h6-7H,4-5,8-10H2,1-3H3. The summed E-state index contributed by atoms with van der Waals surface area (Å²) in [5.41, 5.74) is 0. The van der Waals surface area contributed by atoms with Gasteiger partial charge in [0.15, 0.2) is 5.82 Å². The van der Waals surface area contributed by atoms with Crippen LogP contribution in [0.25, 0.3) is 0 Å². The molecule has 6 heteroatoms. The van der Waals surface area contributed by atoms with Crippen LogP contribution in [0.2, 0.25) is 0 Å². The van der Waals surface area contributed by atoms with Gasteiger partial charge in [0.05, 0.1) is 6.54 Å². The highest BCUT2D eigenvalue weighted by molar-refractivity contribution is 4.89. The van der Waals surface area contributed by atoms with Crippen molar-refractivity contribution in [2.24, 2.45) is 0 Å². The first-order valence-corrected chi connectivity index (χ1v) is 6.66. The zero-order valence-electron chi connectivity index (χ0n) is 11.8. The molecule has 104 valence electrons. The molecule has 19 heavy (non-hydrogen) atoms. The Kier molecular flexibility index (Phi) is 4.68. The summed E-state index contributed by atoms with van der Waals surface area (Å²) in [6.07, 6.45) is 5.73. The third kappa shape index (κ3) is 3.89. The van der Waals surface area contributed by atoms with Gasteiger partial charge in [-0.05, 0) is 20.4 Å². The van der Waals surface area contributed by atoms with Crippen molar-refractivity contribution >= 4 is 0 Å². The Morgan fingerprint density at radius 1 is 1.42 bits per heavy atom. The number of hydrogen-bond acceptors (Lipinski definition) is 5. The van der Waals surface area contributed by atoms with E-state index in [1.54, 1.807) is 0 Å². The molecule has 0 unspecified atom stereocenters. The fourth-order valence-corrected chi connectivity index (χ4v) is 1.91. The lowest BCUT2D eigenvalue weighted by atomic mass is 10.3. The number of rotatable bonds is 7. The van der Waals surface area contributed by atoms with Crippen LogP contribution in [0.1, 0.15) is 30.9 Å².